The first-order valence-electron chi connectivity index (χ1n) is 8.42. The molecule has 0 unspecified atom stereocenters. The second kappa shape index (κ2) is 5.81. The SMILES string of the molecule is O=c1oc2c3c(ccc2c2ccccc12)OCN(c1ccc(F)cc1F)C3. The van der Waals surface area contributed by atoms with Gasteiger partial charge in [-0.3, -0.25) is 0 Å². The highest BCUT2D eigenvalue weighted by atomic mass is 19.1. The Hall–Kier alpha value is -3.41. The summed E-state index contributed by atoms with van der Waals surface area (Å²) in [7, 11) is 0. The van der Waals surface area contributed by atoms with Gasteiger partial charge in [0.25, 0.3) is 0 Å². The van der Waals surface area contributed by atoms with Crippen LogP contribution in [0.1, 0.15) is 5.56 Å². The lowest BCUT2D eigenvalue weighted by Gasteiger charge is -2.31. The van der Waals surface area contributed by atoms with E-state index >= 15 is 0 Å². The lowest BCUT2D eigenvalue weighted by atomic mass is 10.0. The van der Waals surface area contributed by atoms with Gasteiger partial charge in [0.15, 0.2) is 6.73 Å². The van der Waals surface area contributed by atoms with Crippen LogP contribution in [-0.2, 0) is 6.54 Å². The fraction of sp³-hybridized carbons (Fsp3) is 0.0952. The fourth-order valence-electron chi connectivity index (χ4n) is 3.54. The Morgan fingerprint density at radius 3 is 2.56 bits per heavy atom. The van der Waals surface area contributed by atoms with Gasteiger partial charge in [0.1, 0.15) is 23.0 Å². The summed E-state index contributed by atoms with van der Waals surface area (Å²) in [6.45, 7) is 0.384. The number of rotatable bonds is 1. The maximum atomic E-state index is 14.2. The Labute approximate surface area is 152 Å². The van der Waals surface area contributed by atoms with Gasteiger partial charge in [0.2, 0.25) is 0 Å². The van der Waals surface area contributed by atoms with Crippen molar-refractivity contribution in [2.75, 3.05) is 11.6 Å². The average Bonchev–Trinajstić information content (AvgIpc) is 2.68. The van der Waals surface area contributed by atoms with Crippen LogP contribution in [0.25, 0.3) is 21.7 Å². The summed E-state index contributed by atoms with van der Waals surface area (Å²) >= 11 is 0. The highest BCUT2D eigenvalue weighted by Crippen LogP contribution is 2.36. The predicted octanol–water partition coefficient (Wildman–Crippen LogP) is 4.58. The summed E-state index contributed by atoms with van der Waals surface area (Å²) < 4.78 is 38.7. The van der Waals surface area contributed by atoms with Crippen LogP contribution in [0.4, 0.5) is 14.5 Å². The molecule has 1 aliphatic rings. The van der Waals surface area contributed by atoms with Gasteiger partial charge in [-0.1, -0.05) is 18.2 Å². The van der Waals surface area contributed by atoms with Gasteiger partial charge in [-0.15, -0.1) is 0 Å². The molecule has 1 aromatic heterocycles. The molecule has 0 amide bonds. The highest BCUT2D eigenvalue weighted by molar-refractivity contribution is 6.05. The van der Waals surface area contributed by atoms with E-state index in [-0.39, 0.29) is 19.0 Å². The molecule has 4 nitrogen and oxygen atoms in total. The molecule has 0 spiro atoms. The average molecular weight is 365 g/mol. The van der Waals surface area contributed by atoms with Crippen LogP contribution >= 0.6 is 0 Å². The van der Waals surface area contributed by atoms with Gasteiger partial charge in [-0.05, 0) is 35.7 Å². The lowest BCUT2D eigenvalue weighted by molar-refractivity contribution is 0.287. The Morgan fingerprint density at radius 1 is 0.926 bits per heavy atom. The quantitative estimate of drug-likeness (QED) is 0.366. The molecule has 4 aromatic rings. The van der Waals surface area contributed by atoms with Crippen molar-refractivity contribution >= 4 is 27.4 Å². The van der Waals surface area contributed by atoms with E-state index in [4.69, 9.17) is 9.15 Å². The maximum Gasteiger partial charge on any atom is 0.344 e. The second-order valence-electron chi connectivity index (χ2n) is 6.42. The third kappa shape index (κ3) is 2.44. The van der Waals surface area contributed by atoms with Crippen LogP contribution in [-0.4, -0.2) is 6.73 Å². The van der Waals surface area contributed by atoms with E-state index < -0.39 is 17.3 Å². The molecule has 6 heteroatoms. The van der Waals surface area contributed by atoms with Gasteiger partial charge in [0.05, 0.1) is 23.2 Å². The van der Waals surface area contributed by atoms with Crippen LogP contribution in [0.3, 0.4) is 0 Å². The maximum absolute atomic E-state index is 14.2. The first kappa shape index (κ1) is 15.8. The van der Waals surface area contributed by atoms with Crippen molar-refractivity contribution in [1.29, 1.82) is 0 Å². The Morgan fingerprint density at radius 2 is 1.74 bits per heavy atom. The largest absolute Gasteiger partial charge is 0.473 e. The molecule has 0 fully saturated rings. The zero-order valence-electron chi connectivity index (χ0n) is 14.0. The van der Waals surface area contributed by atoms with Gasteiger partial charge in [-0.2, -0.15) is 0 Å². The van der Waals surface area contributed by atoms with E-state index in [1.54, 1.807) is 17.0 Å². The van der Waals surface area contributed by atoms with Crippen molar-refractivity contribution in [3.05, 3.63) is 82.2 Å². The smallest absolute Gasteiger partial charge is 0.344 e. The molecule has 0 saturated carbocycles. The van der Waals surface area contributed by atoms with Crippen LogP contribution in [0.15, 0.2) is 63.8 Å². The molecule has 0 saturated heterocycles. The predicted molar refractivity (Wildman–Crippen MR) is 98.0 cm³/mol. The Bertz CT molecular complexity index is 1270. The topological polar surface area (TPSA) is 42.7 Å². The van der Waals surface area contributed by atoms with Crippen LogP contribution in [0.2, 0.25) is 0 Å². The third-order valence-electron chi connectivity index (χ3n) is 4.82. The minimum absolute atomic E-state index is 0.110. The Balaban J connectivity index is 1.70. The molecule has 5 rings (SSSR count). The summed E-state index contributed by atoms with van der Waals surface area (Å²) in [6.07, 6.45) is 0. The van der Waals surface area contributed by atoms with Crippen molar-refractivity contribution in [2.45, 2.75) is 6.54 Å². The molecular formula is C21H13F2NO3. The van der Waals surface area contributed by atoms with Crippen LogP contribution in [0.5, 0.6) is 5.75 Å². The van der Waals surface area contributed by atoms with Gasteiger partial charge >= 0.3 is 5.63 Å². The normalized spacial score (nSPS) is 13.6. The first-order chi connectivity index (χ1) is 13.1. The van der Waals surface area contributed by atoms with Crippen molar-refractivity contribution in [3.63, 3.8) is 0 Å². The summed E-state index contributed by atoms with van der Waals surface area (Å²) in [4.78, 5) is 14.0. The number of hydrogen-bond donors (Lipinski definition) is 0. The van der Waals surface area contributed by atoms with Crippen LogP contribution in [0, 0.1) is 11.6 Å². The van der Waals surface area contributed by atoms with Gasteiger partial charge < -0.3 is 14.1 Å². The van der Waals surface area contributed by atoms with Crippen molar-refractivity contribution < 1.29 is 17.9 Å². The minimum Gasteiger partial charge on any atom is -0.473 e. The molecule has 134 valence electrons. The molecule has 0 radical (unpaired) electrons. The van der Waals surface area contributed by atoms with Gasteiger partial charge in [-0.25, -0.2) is 13.6 Å². The monoisotopic (exact) mass is 365 g/mol. The lowest BCUT2D eigenvalue weighted by Crippen LogP contribution is -2.32. The van der Waals surface area contributed by atoms with E-state index in [2.05, 4.69) is 0 Å². The second-order valence-corrected chi connectivity index (χ2v) is 6.42. The Kier molecular flexibility index (Phi) is 3.40. The summed E-state index contributed by atoms with van der Waals surface area (Å²) in [6, 6.07) is 14.3. The van der Waals surface area contributed by atoms with E-state index in [9.17, 15) is 13.6 Å². The number of benzene rings is 3. The van der Waals surface area contributed by atoms with Gasteiger partial charge in [0, 0.05) is 11.5 Å². The highest BCUT2D eigenvalue weighted by Gasteiger charge is 2.24. The third-order valence-corrected chi connectivity index (χ3v) is 4.82. The molecule has 0 bridgehead atoms. The zero-order valence-corrected chi connectivity index (χ0v) is 14.0. The number of nitrogens with zero attached hydrogens (tertiary/aromatic N) is 1. The van der Waals surface area contributed by atoms with E-state index in [0.717, 1.165) is 16.8 Å². The molecular weight excluding hydrogens is 352 g/mol. The van der Waals surface area contributed by atoms with E-state index in [1.807, 2.05) is 24.3 Å². The fourth-order valence-corrected chi connectivity index (χ4v) is 3.54. The number of ether oxygens (including phenoxy) is 1. The number of anilines is 1. The molecule has 3 aromatic carbocycles. The molecule has 1 aliphatic heterocycles. The summed E-state index contributed by atoms with van der Waals surface area (Å²) in [5.74, 6) is -0.730. The summed E-state index contributed by atoms with van der Waals surface area (Å²) in [5, 5.41) is 2.08. The zero-order chi connectivity index (χ0) is 18.5. The molecule has 2 heterocycles. The number of halogens is 2. The molecule has 0 aliphatic carbocycles. The standard InChI is InChI=1S/C21H13F2NO3/c22-12-5-7-18(17(23)9-12)24-10-16-19(26-11-24)8-6-14-13-3-1-2-4-15(13)21(25)27-20(14)16/h1-9H,10-11H2. The van der Waals surface area contributed by atoms with E-state index in [1.165, 1.54) is 12.1 Å². The first-order valence-corrected chi connectivity index (χ1v) is 8.42. The number of hydrogen-bond acceptors (Lipinski definition) is 4. The molecule has 0 atom stereocenters. The van der Waals surface area contributed by atoms with Crippen molar-refractivity contribution in [2.24, 2.45) is 0 Å². The van der Waals surface area contributed by atoms with Crippen molar-refractivity contribution in [1.82, 2.24) is 0 Å². The van der Waals surface area contributed by atoms with Crippen LogP contribution < -0.4 is 15.3 Å². The molecule has 27 heavy (non-hydrogen) atoms. The van der Waals surface area contributed by atoms with E-state index in [0.29, 0.717) is 22.3 Å². The van der Waals surface area contributed by atoms with Crippen molar-refractivity contribution in [3.8, 4) is 5.75 Å². The summed E-state index contributed by atoms with van der Waals surface area (Å²) in [5.41, 5.74) is 0.868. The molecule has 0 N–H and O–H groups in total. The minimum atomic E-state index is -0.672. The number of fused-ring (bicyclic) bond motifs is 5.